The van der Waals surface area contributed by atoms with Crippen LogP contribution in [0.2, 0.25) is 0 Å². The van der Waals surface area contributed by atoms with Gasteiger partial charge < -0.3 is 9.88 Å². The molecule has 0 radical (unpaired) electrons. The number of carbonyl (C=O) groups excluding carboxylic acids is 1. The number of imidazole rings is 1. The summed E-state index contributed by atoms with van der Waals surface area (Å²) in [5, 5.41) is 12.8. The van der Waals surface area contributed by atoms with Crippen LogP contribution in [0, 0.1) is 11.3 Å². The summed E-state index contributed by atoms with van der Waals surface area (Å²) in [5.41, 5.74) is 2.30. The maximum Gasteiger partial charge on any atom is 0.269 e. The molecule has 2 heterocycles. The zero-order valence-electron chi connectivity index (χ0n) is 15.4. The third kappa shape index (κ3) is 4.78. The molecule has 0 saturated carbocycles. The Morgan fingerprint density at radius 3 is 2.72 bits per heavy atom. The third-order valence-corrected chi connectivity index (χ3v) is 6.56. The number of hydrogen-bond donors (Lipinski definition) is 1. The van der Waals surface area contributed by atoms with Gasteiger partial charge in [-0.25, -0.2) is 4.98 Å². The standard InChI is InChI=1S/C21H18N4OS2.ClH/c22-12-15-6-8-16(9-7-15)19-14-28-21-24-13-18(25(19)21)20(26)23-10-11-27-17-4-2-1-3-5-17;/h1-9,13,19H,10-11,14H2,(H,23,26);1H. The Kier molecular flexibility index (Phi) is 7.26. The van der Waals surface area contributed by atoms with Gasteiger partial charge in [0.15, 0.2) is 5.16 Å². The first-order valence-electron chi connectivity index (χ1n) is 8.92. The van der Waals surface area contributed by atoms with Crippen molar-refractivity contribution >= 4 is 41.8 Å². The van der Waals surface area contributed by atoms with E-state index in [0.29, 0.717) is 17.8 Å². The Labute approximate surface area is 184 Å². The lowest BCUT2D eigenvalue weighted by Gasteiger charge is -2.16. The summed E-state index contributed by atoms with van der Waals surface area (Å²) in [5.74, 6) is 1.54. The highest BCUT2D eigenvalue weighted by Gasteiger charge is 2.30. The van der Waals surface area contributed by atoms with Crippen molar-refractivity contribution in [2.45, 2.75) is 16.1 Å². The molecule has 1 aliphatic heterocycles. The van der Waals surface area contributed by atoms with Crippen LogP contribution in [0.1, 0.15) is 27.7 Å². The first kappa shape index (κ1) is 21.3. The quantitative estimate of drug-likeness (QED) is 0.452. The second kappa shape index (κ2) is 9.88. The number of thioether (sulfide) groups is 2. The maximum atomic E-state index is 12.7. The van der Waals surface area contributed by atoms with Crippen molar-refractivity contribution in [2.75, 3.05) is 18.1 Å². The molecule has 1 amide bonds. The van der Waals surface area contributed by atoms with E-state index in [4.69, 9.17) is 5.26 Å². The zero-order valence-corrected chi connectivity index (χ0v) is 17.9. The molecule has 2 aromatic carbocycles. The number of nitrogens with one attached hydrogen (secondary N) is 1. The summed E-state index contributed by atoms with van der Waals surface area (Å²) in [6.45, 7) is 0.591. The number of nitriles is 1. The summed E-state index contributed by atoms with van der Waals surface area (Å²) in [6.07, 6.45) is 1.65. The first-order valence-corrected chi connectivity index (χ1v) is 10.9. The number of benzene rings is 2. The van der Waals surface area contributed by atoms with E-state index in [1.54, 1.807) is 29.7 Å². The lowest BCUT2D eigenvalue weighted by molar-refractivity contribution is 0.0945. The molecule has 3 aromatic rings. The van der Waals surface area contributed by atoms with Crippen molar-refractivity contribution in [3.63, 3.8) is 0 Å². The molecule has 0 aliphatic carbocycles. The molecule has 1 unspecified atom stereocenters. The van der Waals surface area contributed by atoms with Gasteiger partial charge in [-0.15, -0.1) is 24.2 Å². The molecule has 148 valence electrons. The van der Waals surface area contributed by atoms with Crippen LogP contribution in [0.3, 0.4) is 0 Å². The number of rotatable bonds is 6. The smallest absolute Gasteiger partial charge is 0.269 e. The molecular formula is C21H19ClN4OS2. The van der Waals surface area contributed by atoms with E-state index < -0.39 is 0 Å². The molecule has 0 spiro atoms. The van der Waals surface area contributed by atoms with Gasteiger partial charge >= 0.3 is 0 Å². The molecule has 4 rings (SSSR count). The Morgan fingerprint density at radius 1 is 1.24 bits per heavy atom. The number of aromatic nitrogens is 2. The summed E-state index contributed by atoms with van der Waals surface area (Å²) in [4.78, 5) is 18.3. The number of halogens is 1. The number of amides is 1. The molecule has 0 saturated heterocycles. The maximum absolute atomic E-state index is 12.7. The number of fused-ring (bicyclic) bond motifs is 1. The lowest BCUT2D eigenvalue weighted by atomic mass is 10.1. The highest BCUT2D eigenvalue weighted by molar-refractivity contribution is 7.99. The van der Waals surface area contributed by atoms with Gasteiger partial charge in [0.05, 0.1) is 23.9 Å². The van der Waals surface area contributed by atoms with E-state index in [1.165, 1.54) is 4.90 Å². The molecule has 1 atom stereocenters. The van der Waals surface area contributed by atoms with Gasteiger partial charge in [0.1, 0.15) is 5.69 Å². The van der Waals surface area contributed by atoms with Gasteiger partial charge in [0, 0.05) is 22.9 Å². The van der Waals surface area contributed by atoms with Crippen molar-refractivity contribution in [3.05, 3.63) is 77.6 Å². The van der Waals surface area contributed by atoms with Crippen molar-refractivity contribution in [2.24, 2.45) is 0 Å². The largest absolute Gasteiger partial charge is 0.350 e. The third-order valence-electron chi connectivity index (χ3n) is 4.50. The van der Waals surface area contributed by atoms with Gasteiger partial charge in [0.2, 0.25) is 0 Å². The fraction of sp³-hybridized carbons (Fsp3) is 0.190. The highest BCUT2D eigenvalue weighted by Crippen LogP contribution is 2.37. The van der Waals surface area contributed by atoms with E-state index >= 15 is 0 Å². The van der Waals surface area contributed by atoms with E-state index in [0.717, 1.165) is 22.2 Å². The molecule has 1 N–H and O–H groups in total. The van der Waals surface area contributed by atoms with Gasteiger partial charge in [-0.1, -0.05) is 42.1 Å². The molecule has 0 fully saturated rings. The lowest BCUT2D eigenvalue weighted by Crippen LogP contribution is -2.28. The molecule has 29 heavy (non-hydrogen) atoms. The van der Waals surface area contributed by atoms with Crippen LogP contribution in [0.25, 0.3) is 0 Å². The SMILES string of the molecule is Cl.N#Cc1ccc(C2CSc3ncc(C(=O)NCCSc4ccccc4)n32)cc1. The van der Waals surface area contributed by atoms with Crippen LogP contribution in [0.15, 0.2) is 70.8 Å². The molecule has 8 heteroatoms. The van der Waals surface area contributed by atoms with E-state index in [1.807, 2.05) is 47.0 Å². The first-order chi connectivity index (χ1) is 13.8. The Bertz CT molecular complexity index is 1020. The predicted molar refractivity (Wildman–Crippen MR) is 119 cm³/mol. The second-order valence-electron chi connectivity index (χ2n) is 6.27. The minimum Gasteiger partial charge on any atom is -0.350 e. The predicted octanol–water partition coefficient (Wildman–Crippen LogP) is 4.39. The van der Waals surface area contributed by atoms with Crippen molar-refractivity contribution in [1.29, 1.82) is 5.26 Å². The molecule has 0 bridgehead atoms. The van der Waals surface area contributed by atoms with Crippen LogP contribution in [-0.4, -0.2) is 33.5 Å². The van der Waals surface area contributed by atoms with Crippen LogP contribution in [0.5, 0.6) is 0 Å². The monoisotopic (exact) mass is 442 g/mol. The highest BCUT2D eigenvalue weighted by atomic mass is 35.5. The van der Waals surface area contributed by atoms with Gasteiger partial charge in [-0.05, 0) is 29.8 Å². The molecule has 5 nitrogen and oxygen atoms in total. The topological polar surface area (TPSA) is 70.7 Å². The van der Waals surface area contributed by atoms with E-state index in [2.05, 4.69) is 28.5 Å². The van der Waals surface area contributed by atoms with Crippen LogP contribution < -0.4 is 5.32 Å². The Hall–Kier alpha value is -2.40. The van der Waals surface area contributed by atoms with Crippen molar-refractivity contribution in [1.82, 2.24) is 14.9 Å². The fourth-order valence-electron chi connectivity index (χ4n) is 3.11. The fourth-order valence-corrected chi connectivity index (χ4v) is 5.04. The number of hydrogen-bond acceptors (Lipinski definition) is 5. The van der Waals surface area contributed by atoms with Gasteiger partial charge in [-0.3, -0.25) is 4.79 Å². The van der Waals surface area contributed by atoms with E-state index in [9.17, 15) is 4.79 Å². The minimum atomic E-state index is -0.103. The summed E-state index contributed by atoms with van der Waals surface area (Å²) in [7, 11) is 0. The minimum absolute atomic E-state index is 0. The summed E-state index contributed by atoms with van der Waals surface area (Å²) in [6, 6.07) is 19.9. The van der Waals surface area contributed by atoms with E-state index in [-0.39, 0.29) is 24.4 Å². The zero-order chi connectivity index (χ0) is 19.3. The number of nitrogens with zero attached hydrogens (tertiary/aromatic N) is 3. The van der Waals surface area contributed by atoms with Crippen molar-refractivity contribution < 1.29 is 4.79 Å². The second-order valence-corrected chi connectivity index (χ2v) is 8.43. The van der Waals surface area contributed by atoms with Gasteiger partial charge in [0.25, 0.3) is 5.91 Å². The van der Waals surface area contributed by atoms with Crippen LogP contribution in [-0.2, 0) is 0 Å². The average Bonchev–Trinajstić information content (AvgIpc) is 3.34. The summed E-state index contributed by atoms with van der Waals surface area (Å²) < 4.78 is 2.01. The van der Waals surface area contributed by atoms with Crippen LogP contribution >= 0.6 is 35.9 Å². The Morgan fingerprint density at radius 2 is 2.00 bits per heavy atom. The summed E-state index contributed by atoms with van der Waals surface area (Å²) >= 11 is 3.37. The molecular weight excluding hydrogens is 424 g/mol. The van der Waals surface area contributed by atoms with Crippen LogP contribution in [0.4, 0.5) is 0 Å². The normalized spacial score (nSPS) is 14.5. The Balaban J connectivity index is 0.00000240. The van der Waals surface area contributed by atoms with Crippen molar-refractivity contribution in [3.8, 4) is 6.07 Å². The number of carbonyl (C=O) groups is 1. The van der Waals surface area contributed by atoms with Gasteiger partial charge in [-0.2, -0.15) is 5.26 Å². The average molecular weight is 443 g/mol. The molecule has 1 aromatic heterocycles. The molecule has 1 aliphatic rings.